The first kappa shape index (κ1) is 15.3. The average molecular weight is 331 g/mol. The summed E-state index contributed by atoms with van der Waals surface area (Å²) in [5.41, 5.74) is -1.47. The Kier molecular flexibility index (Phi) is 3.15. The van der Waals surface area contributed by atoms with Crippen molar-refractivity contribution < 1.29 is 39.9 Å². The molecular formula is C15H9NO8. The van der Waals surface area contributed by atoms with Crippen LogP contribution in [0.3, 0.4) is 0 Å². The fourth-order valence-corrected chi connectivity index (χ4v) is 2.71. The van der Waals surface area contributed by atoms with Gasteiger partial charge in [0.25, 0.3) is 0 Å². The minimum Gasteiger partial charge on any atom is -0.504 e. The number of carboxylic acids is 3. The van der Waals surface area contributed by atoms with Gasteiger partial charge >= 0.3 is 17.9 Å². The number of aromatic carboxylic acids is 2. The van der Waals surface area contributed by atoms with Gasteiger partial charge in [0.2, 0.25) is 0 Å². The Morgan fingerprint density at radius 1 is 0.958 bits per heavy atom. The van der Waals surface area contributed by atoms with Gasteiger partial charge < -0.3 is 25.5 Å². The molecule has 9 heteroatoms. The second-order valence-electron chi connectivity index (χ2n) is 5.13. The number of fused-ring (bicyclic) bond motifs is 3. The summed E-state index contributed by atoms with van der Waals surface area (Å²) in [6, 6.07) is 0.822. The zero-order valence-electron chi connectivity index (χ0n) is 11.8. The number of phenolic OH excluding ortho intramolecular Hbond substituents is 2. The second-order valence-corrected chi connectivity index (χ2v) is 5.13. The molecule has 1 aromatic heterocycles. The lowest BCUT2D eigenvalue weighted by Crippen LogP contribution is -2.08. The summed E-state index contributed by atoms with van der Waals surface area (Å²) in [7, 11) is 0. The molecule has 0 aliphatic heterocycles. The van der Waals surface area contributed by atoms with Crippen LogP contribution in [0.15, 0.2) is 11.6 Å². The van der Waals surface area contributed by atoms with E-state index in [1.165, 1.54) is 0 Å². The lowest BCUT2D eigenvalue weighted by molar-refractivity contribution is -0.132. The summed E-state index contributed by atoms with van der Waals surface area (Å²) < 4.78 is 0. The van der Waals surface area contributed by atoms with Crippen molar-refractivity contribution in [3.05, 3.63) is 34.0 Å². The third kappa shape index (κ3) is 2.02. The Morgan fingerprint density at radius 2 is 1.62 bits per heavy atom. The second kappa shape index (κ2) is 4.95. The van der Waals surface area contributed by atoms with Crippen molar-refractivity contribution in [2.24, 2.45) is 0 Å². The van der Waals surface area contributed by atoms with E-state index in [1.54, 1.807) is 0 Å². The van der Waals surface area contributed by atoms with Crippen LogP contribution in [0.1, 0.15) is 32.0 Å². The maximum Gasteiger partial charge on any atom is 0.354 e. The van der Waals surface area contributed by atoms with Crippen LogP contribution in [0, 0.1) is 0 Å². The number of benzene rings is 1. The zero-order valence-corrected chi connectivity index (χ0v) is 11.8. The number of phenols is 2. The molecule has 0 atom stereocenters. The first-order valence-corrected chi connectivity index (χ1v) is 6.54. The number of aliphatic carboxylic acids is 1. The van der Waals surface area contributed by atoms with E-state index in [2.05, 4.69) is 4.98 Å². The number of pyridine rings is 1. The van der Waals surface area contributed by atoms with Gasteiger partial charge in [-0.05, 0) is 17.7 Å². The molecule has 24 heavy (non-hydrogen) atoms. The van der Waals surface area contributed by atoms with E-state index in [0.29, 0.717) is 0 Å². The predicted octanol–water partition coefficient (Wildman–Crippen LogP) is 1.07. The highest BCUT2D eigenvalue weighted by atomic mass is 16.4. The van der Waals surface area contributed by atoms with Crippen LogP contribution in [-0.2, 0) is 11.2 Å². The van der Waals surface area contributed by atoms with Crippen LogP contribution in [0.2, 0.25) is 0 Å². The van der Waals surface area contributed by atoms with Crippen molar-refractivity contribution in [2.75, 3.05) is 0 Å². The molecule has 0 saturated heterocycles. The number of rotatable bonds is 3. The Labute approximate surface area is 132 Å². The van der Waals surface area contributed by atoms with Crippen molar-refractivity contribution in [3.8, 4) is 11.5 Å². The Bertz CT molecular complexity index is 989. The molecule has 0 fully saturated rings. The summed E-state index contributed by atoms with van der Waals surface area (Å²) >= 11 is 0. The average Bonchev–Trinajstić information content (AvgIpc) is 2.96. The molecule has 3 rings (SSSR count). The van der Waals surface area contributed by atoms with Crippen molar-refractivity contribution in [3.63, 3.8) is 0 Å². The van der Waals surface area contributed by atoms with Gasteiger partial charge in [0.15, 0.2) is 11.5 Å². The molecule has 0 spiro atoms. The molecule has 0 unspecified atom stereocenters. The van der Waals surface area contributed by atoms with Crippen LogP contribution >= 0.6 is 0 Å². The number of nitrogens with zero attached hydrogens (tertiary/aromatic N) is 1. The summed E-state index contributed by atoms with van der Waals surface area (Å²) in [5.74, 6) is -5.73. The highest BCUT2D eigenvalue weighted by molar-refractivity contribution is 6.11. The van der Waals surface area contributed by atoms with E-state index in [4.69, 9.17) is 10.2 Å². The van der Waals surface area contributed by atoms with Crippen molar-refractivity contribution in [2.45, 2.75) is 6.42 Å². The van der Waals surface area contributed by atoms with Crippen LogP contribution in [0.25, 0.3) is 17.0 Å². The van der Waals surface area contributed by atoms with Gasteiger partial charge in [-0.2, -0.15) is 0 Å². The van der Waals surface area contributed by atoms with Gasteiger partial charge in [-0.15, -0.1) is 0 Å². The first-order valence-electron chi connectivity index (χ1n) is 6.54. The van der Waals surface area contributed by atoms with E-state index >= 15 is 0 Å². The summed E-state index contributed by atoms with van der Waals surface area (Å²) in [6.07, 6.45) is 0.937. The third-order valence-corrected chi connectivity index (χ3v) is 3.76. The normalized spacial score (nSPS) is 12.8. The molecule has 0 radical (unpaired) electrons. The SMILES string of the molecule is O=C(O)C1=Cc2c(O)c(O)c3nc(C(=O)O)cc(C(=O)O)c3c2C1. The van der Waals surface area contributed by atoms with Crippen molar-refractivity contribution in [1.82, 2.24) is 4.98 Å². The maximum absolute atomic E-state index is 11.5. The van der Waals surface area contributed by atoms with Crippen LogP contribution in [-0.4, -0.2) is 48.4 Å². The fraction of sp³-hybridized carbons (Fsp3) is 0.0667. The monoisotopic (exact) mass is 331 g/mol. The van der Waals surface area contributed by atoms with E-state index < -0.39 is 46.2 Å². The van der Waals surface area contributed by atoms with Gasteiger partial charge in [0, 0.05) is 22.9 Å². The summed E-state index contributed by atoms with van der Waals surface area (Å²) in [4.78, 5) is 37.4. The molecule has 5 N–H and O–H groups in total. The van der Waals surface area contributed by atoms with Gasteiger partial charge in [-0.3, -0.25) is 0 Å². The van der Waals surface area contributed by atoms with E-state index in [1.807, 2.05) is 0 Å². The standard InChI is InChI=1S/C15H9NO8/c17-11-6-2-4(13(19)20)1-5(6)9-7(14(21)22)3-8(15(23)24)16-10(9)12(11)18/h2-3,17-18H,1H2,(H,19,20)(H,21,22)(H,23,24). The predicted molar refractivity (Wildman–Crippen MR) is 78.3 cm³/mol. The van der Waals surface area contributed by atoms with E-state index in [0.717, 1.165) is 12.1 Å². The van der Waals surface area contributed by atoms with Crippen LogP contribution in [0.4, 0.5) is 0 Å². The zero-order chi connectivity index (χ0) is 17.8. The largest absolute Gasteiger partial charge is 0.504 e. The third-order valence-electron chi connectivity index (χ3n) is 3.76. The molecule has 1 aliphatic carbocycles. The number of aromatic hydroxyl groups is 2. The Hall–Kier alpha value is -3.62. The van der Waals surface area contributed by atoms with Crippen molar-refractivity contribution >= 4 is 34.9 Å². The number of hydrogen-bond donors (Lipinski definition) is 5. The topological polar surface area (TPSA) is 165 Å². The number of carboxylic acid groups (broad SMARTS) is 3. The minimum atomic E-state index is -1.51. The van der Waals surface area contributed by atoms with Gasteiger partial charge in [-0.25, -0.2) is 19.4 Å². The molecule has 1 aromatic carbocycles. The lowest BCUT2D eigenvalue weighted by Gasteiger charge is -2.13. The lowest BCUT2D eigenvalue weighted by atomic mass is 9.96. The fourth-order valence-electron chi connectivity index (χ4n) is 2.71. The molecule has 0 bridgehead atoms. The molecule has 122 valence electrons. The molecule has 1 aliphatic rings. The molecule has 0 amide bonds. The smallest absolute Gasteiger partial charge is 0.354 e. The molecule has 1 heterocycles. The summed E-state index contributed by atoms with van der Waals surface area (Å²) in [5, 5.41) is 47.5. The first-order chi connectivity index (χ1) is 11.2. The van der Waals surface area contributed by atoms with Crippen LogP contribution < -0.4 is 0 Å². The van der Waals surface area contributed by atoms with E-state index in [-0.39, 0.29) is 28.5 Å². The highest BCUT2D eigenvalue weighted by Gasteiger charge is 2.30. The quantitative estimate of drug-likeness (QED) is 0.517. The summed E-state index contributed by atoms with van der Waals surface area (Å²) in [6.45, 7) is 0. The highest BCUT2D eigenvalue weighted by Crippen LogP contribution is 2.45. The van der Waals surface area contributed by atoms with Crippen molar-refractivity contribution in [1.29, 1.82) is 0 Å². The molecule has 2 aromatic rings. The molecule has 9 nitrogen and oxygen atoms in total. The number of carbonyl (C=O) groups is 3. The maximum atomic E-state index is 11.5. The van der Waals surface area contributed by atoms with Gasteiger partial charge in [0.1, 0.15) is 11.2 Å². The number of aromatic nitrogens is 1. The Balaban J connectivity index is 2.47. The number of hydrogen-bond acceptors (Lipinski definition) is 6. The molecular weight excluding hydrogens is 322 g/mol. The van der Waals surface area contributed by atoms with Gasteiger partial charge in [0.05, 0.1) is 5.56 Å². The van der Waals surface area contributed by atoms with Crippen LogP contribution in [0.5, 0.6) is 11.5 Å². The van der Waals surface area contributed by atoms with Gasteiger partial charge in [-0.1, -0.05) is 0 Å². The minimum absolute atomic E-state index is 0.0234. The Morgan fingerprint density at radius 3 is 2.17 bits per heavy atom. The van der Waals surface area contributed by atoms with E-state index in [9.17, 15) is 29.7 Å². The molecule has 0 saturated carbocycles.